The van der Waals surface area contributed by atoms with Crippen molar-refractivity contribution >= 4 is 45.9 Å². The lowest BCUT2D eigenvalue weighted by atomic mass is 9.49. The lowest BCUT2D eigenvalue weighted by Crippen LogP contribution is -2.44. The Kier molecular flexibility index (Phi) is 6.50. The number of fused-ring (bicyclic) bond motifs is 2. The monoisotopic (exact) mass is 489 g/mol. The molecule has 0 saturated carbocycles. The molecule has 0 aliphatic carbocycles. The first-order valence-electron chi connectivity index (χ1n) is 10.9. The Morgan fingerprint density at radius 3 is 2.44 bits per heavy atom. The van der Waals surface area contributed by atoms with Gasteiger partial charge in [-0.3, -0.25) is 0 Å². The molecule has 1 aliphatic rings. The van der Waals surface area contributed by atoms with Crippen molar-refractivity contribution in [1.82, 2.24) is 9.55 Å². The van der Waals surface area contributed by atoms with Crippen molar-refractivity contribution in [2.24, 2.45) is 5.41 Å². The molecule has 0 N–H and O–H groups in total. The Morgan fingerprint density at radius 2 is 1.78 bits per heavy atom. The first kappa shape index (κ1) is 25.9. The maximum Gasteiger partial charge on any atom is 0.404 e. The molecular weight excluding hydrogens is 471 g/mol. The third-order valence-electron chi connectivity index (χ3n) is 5.86. The predicted molar refractivity (Wildman–Crippen MR) is 131 cm³/mol. The van der Waals surface area contributed by atoms with Crippen LogP contribution in [0.4, 0.5) is 29.1 Å². The smallest absolute Gasteiger partial charge is 0.375 e. The van der Waals surface area contributed by atoms with Crippen LogP contribution in [0, 0.1) is 23.1 Å². The summed E-state index contributed by atoms with van der Waals surface area (Å²) in [4.78, 5) is 18.5. The number of aromatic nitrogens is 2. The summed E-state index contributed by atoms with van der Waals surface area (Å²) >= 11 is 0. The minimum absolute atomic E-state index is 0.0205. The normalized spacial score (nSPS) is 14.7. The number of rotatable bonds is 2. The molecule has 6 radical (unpaired) electrons. The summed E-state index contributed by atoms with van der Waals surface area (Å²) in [5, 5.41) is -2.21. The topological polar surface area (TPSA) is 47.4 Å². The zero-order valence-electron chi connectivity index (χ0n) is 19.5. The average molecular weight is 489 g/mol. The molecule has 1 aromatic heterocycles. The summed E-state index contributed by atoms with van der Waals surface area (Å²) in [5.41, 5.74) is -1.90. The van der Waals surface area contributed by atoms with Crippen molar-refractivity contribution in [2.45, 2.75) is 31.9 Å². The van der Waals surface area contributed by atoms with Crippen molar-refractivity contribution in [3.05, 3.63) is 63.8 Å². The molecule has 5 nitrogen and oxygen atoms in total. The van der Waals surface area contributed by atoms with Gasteiger partial charge in [-0.15, -0.1) is 0 Å². The minimum atomic E-state index is -4.53. The lowest BCUT2D eigenvalue weighted by Gasteiger charge is -2.29. The van der Waals surface area contributed by atoms with E-state index in [0.717, 1.165) is 18.4 Å². The van der Waals surface area contributed by atoms with E-state index >= 15 is 4.39 Å². The summed E-state index contributed by atoms with van der Waals surface area (Å²) < 4.78 is 61.6. The first-order valence-corrected chi connectivity index (χ1v) is 10.9. The third kappa shape index (κ3) is 4.64. The number of ether oxygens (including phenoxy) is 1. The molecule has 0 atom stereocenters. The molecule has 0 spiro atoms. The van der Waals surface area contributed by atoms with Crippen LogP contribution in [-0.4, -0.2) is 52.4 Å². The number of halogens is 4. The van der Waals surface area contributed by atoms with Crippen LogP contribution < -0.4 is 10.6 Å². The molecule has 2 heterocycles. The van der Waals surface area contributed by atoms with Crippen molar-refractivity contribution < 1.29 is 22.3 Å². The predicted octanol–water partition coefficient (Wildman–Crippen LogP) is 3.22. The van der Waals surface area contributed by atoms with E-state index in [4.69, 9.17) is 28.3 Å². The van der Waals surface area contributed by atoms with E-state index in [9.17, 15) is 18.0 Å². The summed E-state index contributed by atoms with van der Waals surface area (Å²) in [7, 11) is 17.2. The van der Waals surface area contributed by atoms with E-state index in [2.05, 4.69) is 16.8 Å². The Bertz CT molecular complexity index is 1450. The van der Waals surface area contributed by atoms with Gasteiger partial charge in [0.1, 0.15) is 11.2 Å². The van der Waals surface area contributed by atoms with Crippen LogP contribution in [0.5, 0.6) is 0 Å². The van der Waals surface area contributed by atoms with Crippen LogP contribution in [0.1, 0.15) is 25.0 Å². The zero-order chi connectivity index (χ0) is 26.5. The number of nitrogens with zero attached hydrogens (tertiary/aromatic N) is 3. The van der Waals surface area contributed by atoms with Crippen molar-refractivity contribution in [3.8, 4) is 11.8 Å². The fourth-order valence-electron chi connectivity index (χ4n) is 3.85. The standard InChI is InChI=1S/C24H18B3F4N3O2/c1-22(2,23(29,30)31)10-9-14-5-3-7-17-15(14)13-36-12-11-33(17)20-19-16(28)6-4-8-18(19)34(21(35)32-20)24(25,26)27/h3-8H,11-13H2,1-2H3. The maximum absolute atomic E-state index is 15.2. The number of anilines is 2. The number of hydrogen-bond donors (Lipinski definition) is 0. The van der Waals surface area contributed by atoms with E-state index < -0.39 is 28.3 Å². The van der Waals surface area contributed by atoms with Gasteiger partial charge in [-0.2, -0.15) is 18.2 Å². The van der Waals surface area contributed by atoms with Gasteiger partial charge in [0.05, 0.1) is 47.7 Å². The van der Waals surface area contributed by atoms with Gasteiger partial charge in [0.15, 0.2) is 5.82 Å². The number of benzene rings is 2. The van der Waals surface area contributed by atoms with Gasteiger partial charge in [-0.1, -0.05) is 29.2 Å². The molecular formula is C24H18B3F4N3O2. The van der Waals surface area contributed by atoms with E-state index in [1.807, 2.05) is 0 Å². The van der Waals surface area contributed by atoms with Crippen LogP contribution in [-0.2, 0) is 16.6 Å². The highest BCUT2D eigenvalue weighted by molar-refractivity contribution is 6.56. The van der Waals surface area contributed by atoms with E-state index in [-0.39, 0.29) is 36.5 Å². The Labute approximate surface area is 209 Å². The molecule has 36 heavy (non-hydrogen) atoms. The Hall–Kier alpha value is -3.19. The van der Waals surface area contributed by atoms with Crippen LogP contribution >= 0.6 is 0 Å². The fourth-order valence-corrected chi connectivity index (χ4v) is 3.85. The van der Waals surface area contributed by atoms with Crippen molar-refractivity contribution in [1.29, 1.82) is 0 Å². The van der Waals surface area contributed by atoms with Gasteiger partial charge in [0.2, 0.25) is 0 Å². The minimum Gasteiger partial charge on any atom is -0.375 e. The molecule has 0 fully saturated rings. The molecule has 178 valence electrons. The fraction of sp³-hybridized carbons (Fsp3) is 0.333. The van der Waals surface area contributed by atoms with Crippen LogP contribution in [0.25, 0.3) is 10.9 Å². The SMILES string of the molecule is [B]C([B])([B])n1c(=O)nc(N2CCOCc3c(C#CC(C)(C)C(F)(F)F)cccc32)c2c(F)cccc21. The van der Waals surface area contributed by atoms with E-state index in [1.165, 1.54) is 18.2 Å². The second-order valence-corrected chi connectivity index (χ2v) is 8.95. The molecule has 3 aromatic rings. The summed E-state index contributed by atoms with van der Waals surface area (Å²) in [6.07, 6.45) is -4.53. The highest BCUT2D eigenvalue weighted by Gasteiger charge is 2.46. The van der Waals surface area contributed by atoms with Crippen molar-refractivity contribution in [3.63, 3.8) is 0 Å². The molecule has 0 unspecified atom stereocenters. The zero-order valence-corrected chi connectivity index (χ0v) is 19.5. The largest absolute Gasteiger partial charge is 0.404 e. The van der Waals surface area contributed by atoms with E-state index in [0.29, 0.717) is 16.8 Å². The van der Waals surface area contributed by atoms with Crippen LogP contribution in [0.3, 0.4) is 0 Å². The molecule has 0 saturated heterocycles. The quantitative estimate of drug-likeness (QED) is 0.316. The molecule has 12 heteroatoms. The number of hydrogen-bond acceptors (Lipinski definition) is 4. The Morgan fingerprint density at radius 1 is 1.08 bits per heavy atom. The second-order valence-electron chi connectivity index (χ2n) is 8.95. The van der Waals surface area contributed by atoms with Gasteiger partial charge < -0.3 is 14.2 Å². The van der Waals surface area contributed by atoms with Gasteiger partial charge in [0, 0.05) is 23.4 Å². The van der Waals surface area contributed by atoms with Gasteiger partial charge in [-0.25, -0.2) is 9.18 Å². The highest BCUT2D eigenvalue weighted by Crippen LogP contribution is 2.38. The molecule has 0 amide bonds. The molecule has 1 aliphatic heterocycles. The number of alkyl halides is 3. The maximum atomic E-state index is 15.2. The highest BCUT2D eigenvalue weighted by atomic mass is 19.4. The third-order valence-corrected chi connectivity index (χ3v) is 5.86. The van der Waals surface area contributed by atoms with Gasteiger partial charge in [0.25, 0.3) is 0 Å². The lowest BCUT2D eigenvalue weighted by molar-refractivity contribution is -0.190. The molecule has 0 bridgehead atoms. The Balaban J connectivity index is 1.95. The van der Waals surface area contributed by atoms with Crippen LogP contribution in [0.2, 0.25) is 0 Å². The van der Waals surface area contributed by atoms with Gasteiger partial charge >= 0.3 is 11.9 Å². The first-order chi connectivity index (χ1) is 16.7. The van der Waals surface area contributed by atoms with Gasteiger partial charge in [-0.05, 0) is 38.1 Å². The van der Waals surface area contributed by atoms with Crippen LogP contribution in [0.15, 0.2) is 41.2 Å². The molecule has 4 rings (SSSR count). The van der Waals surface area contributed by atoms with E-state index in [1.54, 1.807) is 23.1 Å². The summed E-state index contributed by atoms with van der Waals surface area (Å²) in [6.45, 7) is 2.34. The summed E-state index contributed by atoms with van der Waals surface area (Å²) in [5.74, 6) is 4.17. The average Bonchev–Trinajstić information content (AvgIpc) is 2.98. The molecule has 2 aromatic carbocycles. The van der Waals surface area contributed by atoms with Crippen molar-refractivity contribution in [2.75, 3.05) is 18.1 Å². The summed E-state index contributed by atoms with van der Waals surface area (Å²) in [6, 6.07) is 8.83. The second kappa shape index (κ2) is 9.04.